The van der Waals surface area contributed by atoms with Gasteiger partial charge >= 0.3 is 0 Å². The zero-order valence-corrected chi connectivity index (χ0v) is 12.3. The smallest absolute Gasteiger partial charge is 0.263 e. The lowest BCUT2D eigenvalue weighted by Gasteiger charge is -2.35. The minimum Gasteiger partial charge on any atom is -0.378 e. The highest BCUT2D eigenvalue weighted by Gasteiger charge is 2.35. The Bertz CT molecular complexity index is 379. The van der Waals surface area contributed by atoms with Crippen molar-refractivity contribution >= 4 is 11.8 Å². The normalized spacial score (nSPS) is 30.1. The zero-order valence-electron chi connectivity index (χ0n) is 12.3. The van der Waals surface area contributed by atoms with Crippen molar-refractivity contribution in [2.45, 2.75) is 38.0 Å². The molecule has 0 bridgehead atoms. The summed E-state index contributed by atoms with van der Waals surface area (Å²) in [5, 5.41) is 2.82. The molecule has 0 saturated carbocycles. The monoisotopic (exact) mass is 300 g/mol. The fraction of sp³-hybridized carbons (Fsp3) is 0.846. The molecule has 2 amide bonds. The molecular weight excluding hydrogens is 276 g/mol. The van der Waals surface area contributed by atoms with Crippen molar-refractivity contribution in [2.24, 2.45) is 5.84 Å². The third-order valence-corrected chi connectivity index (χ3v) is 3.87. The highest BCUT2D eigenvalue weighted by Crippen LogP contribution is 2.22. The number of likely N-dealkylation sites (N-methyl/N-ethyl adjacent to an activating group) is 1. The maximum Gasteiger partial charge on any atom is 0.263 e. The number of carbonyl (C=O) groups is 2. The molecule has 0 aromatic heterocycles. The van der Waals surface area contributed by atoms with Crippen LogP contribution < -0.4 is 16.6 Å². The first-order chi connectivity index (χ1) is 10.2. The summed E-state index contributed by atoms with van der Waals surface area (Å²) in [4.78, 5) is 25.6. The Morgan fingerprint density at radius 2 is 2.14 bits per heavy atom. The van der Waals surface area contributed by atoms with Crippen molar-refractivity contribution in [2.75, 3.05) is 32.8 Å². The van der Waals surface area contributed by atoms with E-state index in [2.05, 4.69) is 15.6 Å². The number of hydrogen-bond donors (Lipinski definition) is 3. The number of nitrogens with one attached hydrogen (secondary N) is 2. The van der Waals surface area contributed by atoms with Gasteiger partial charge in [0.15, 0.2) is 0 Å². The van der Waals surface area contributed by atoms with Crippen molar-refractivity contribution in [1.82, 2.24) is 15.6 Å². The molecule has 0 spiro atoms. The van der Waals surface area contributed by atoms with E-state index in [0.29, 0.717) is 39.3 Å². The molecule has 2 rings (SSSR count). The summed E-state index contributed by atoms with van der Waals surface area (Å²) in [5.74, 6) is 4.80. The van der Waals surface area contributed by atoms with Crippen molar-refractivity contribution in [3.05, 3.63) is 0 Å². The topological polar surface area (TPSA) is 106 Å². The van der Waals surface area contributed by atoms with E-state index in [1.165, 1.54) is 0 Å². The molecule has 21 heavy (non-hydrogen) atoms. The number of hydrogen-bond acceptors (Lipinski definition) is 6. The van der Waals surface area contributed by atoms with Gasteiger partial charge in [0.25, 0.3) is 5.91 Å². The molecule has 0 aliphatic carbocycles. The van der Waals surface area contributed by atoms with Crippen LogP contribution in [-0.2, 0) is 19.1 Å². The average molecular weight is 300 g/mol. The average Bonchev–Trinajstić information content (AvgIpc) is 2.96. The SMILES string of the molecule is CCNC(=O)C1COCCN1CC1CCC(C(=O)NN)O1. The van der Waals surface area contributed by atoms with Gasteiger partial charge in [0.05, 0.1) is 19.3 Å². The lowest BCUT2D eigenvalue weighted by Crippen LogP contribution is -2.55. The standard InChI is InChI=1S/C13H24N4O4/c1-2-15-12(18)10-8-20-6-5-17(10)7-9-3-4-11(21-9)13(19)16-14/h9-11H,2-8,14H2,1H3,(H,15,18)(H,16,19). The van der Waals surface area contributed by atoms with Gasteiger partial charge in [-0.05, 0) is 19.8 Å². The first-order valence-corrected chi connectivity index (χ1v) is 7.41. The molecule has 0 radical (unpaired) electrons. The molecule has 2 aliphatic heterocycles. The minimum absolute atomic E-state index is 0.0218. The third kappa shape index (κ3) is 4.13. The van der Waals surface area contributed by atoms with Gasteiger partial charge in [0.1, 0.15) is 12.1 Å². The molecule has 2 fully saturated rings. The number of hydrazine groups is 1. The Kier molecular flexibility index (Phi) is 5.92. The number of ether oxygens (including phenoxy) is 2. The number of nitrogens with zero attached hydrogens (tertiary/aromatic N) is 1. The fourth-order valence-electron chi connectivity index (χ4n) is 2.78. The summed E-state index contributed by atoms with van der Waals surface area (Å²) in [6, 6.07) is -0.287. The maximum atomic E-state index is 12.0. The number of nitrogens with two attached hydrogens (primary N) is 1. The van der Waals surface area contributed by atoms with E-state index in [-0.39, 0.29) is 24.0 Å². The Morgan fingerprint density at radius 1 is 1.33 bits per heavy atom. The lowest BCUT2D eigenvalue weighted by atomic mass is 10.1. The van der Waals surface area contributed by atoms with Crippen LogP contribution >= 0.6 is 0 Å². The molecule has 2 heterocycles. The summed E-state index contributed by atoms with van der Waals surface area (Å²) in [5.41, 5.74) is 2.11. The fourth-order valence-corrected chi connectivity index (χ4v) is 2.78. The predicted octanol–water partition coefficient (Wildman–Crippen LogP) is -1.64. The zero-order chi connectivity index (χ0) is 15.2. The van der Waals surface area contributed by atoms with Crippen LogP contribution in [0.5, 0.6) is 0 Å². The molecule has 3 atom stereocenters. The van der Waals surface area contributed by atoms with Gasteiger partial charge in [-0.25, -0.2) is 5.84 Å². The van der Waals surface area contributed by atoms with Crippen LogP contribution in [-0.4, -0.2) is 67.8 Å². The lowest BCUT2D eigenvalue weighted by molar-refractivity contribution is -0.137. The number of carbonyl (C=O) groups excluding carboxylic acids is 2. The van der Waals surface area contributed by atoms with Crippen LogP contribution in [0.2, 0.25) is 0 Å². The first kappa shape index (κ1) is 16.2. The molecule has 2 saturated heterocycles. The highest BCUT2D eigenvalue weighted by molar-refractivity contribution is 5.82. The number of rotatable bonds is 5. The maximum absolute atomic E-state index is 12.0. The highest BCUT2D eigenvalue weighted by atomic mass is 16.5. The molecule has 0 aromatic rings. The summed E-state index contributed by atoms with van der Waals surface area (Å²) in [7, 11) is 0. The van der Waals surface area contributed by atoms with Gasteiger partial charge in [0, 0.05) is 19.6 Å². The predicted molar refractivity (Wildman–Crippen MR) is 75.1 cm³/mol. The molecule has 3 unspecified atom stereocenters. The van der Waals surface area contributed by atoms with E-state index in [1.54, 1.807) is 0 Å². The minimum atomic E-state index is -0.482. The van der Waals surface area contributed by atoms with Crippen molar-refractivity contribution in [3.63, 3.8) is 0 Å². The molecule has 2 aliphatic rings. The molecular formula is C13H24N4O4. The summed E-state index contributed by atoms with van der Waals surface area (Å²) < 4.78 is 11.1. The second-order valence-corrected chi connectivity index (χ2v) is 5.31. The van der Waals surface area contributed by atoms with E-state index >= 15 is 0 Å². The van der Waals surface area contributed by atoms with Gasteiger partial charge < -0.3 is 14.8 Å². The Labute approximate surface area is 124 Å². The van der Waals surface area contributed by atoms with Gasteiger partial charge in [-0.3, -0.25) is 19.9 Å². The largest absolute Gasteiger partial charge is 0.378 e. The van der Waals surface area contributed by atoms with E-state index in [1.807, 2.05) is 6.92 Å². The Balaban J connectivity index is 1.88. The van der Waals surface area contributed by atoms with Crippen LogP contribution in [0, 0.1) is 0 Å². The molecule has 8 nitrogen and oxygen atoms in total. The van der Waals surface area contributed by atoms with E-state index in [0.717, 1.165) is 6.42 Å². The second-order valence-electron chi connectivity index (χ2n) is 5.31. The number of morpholine rings is 1. The van der Waals surface area contributed by atoms with Crippen LogP contribution in [0.1, 0.15) is 19.8 Å². The Hall–Kier alpha value is -1.22. The summed E-state index contributed by atoms with van der Waals surface area (Å²) in [6.45, 7) is 4.80. The van der Waals surface area contributed by atoms with Crippen LogP contribution in [0.15, 0.2) is 0 Å². The van der Waals surface area contributed by atoms with Gasteiger partial charge in [-0.2, -0.15) is 0 Å². The van der Waals surface area contributed by atoms with Gasteiger partial charge in [-0.15, -0.1) is 0 Å². The van der Waals surface area contributed by atoms with Crippen LogP contribution in [0.4, 0.5) is 0 Å². The van der Waals surface area contributed by atoms with Gasteiger partial charge in [0.2, 0.25) is 5.91 Å². The van der Waals surface area contributed by atoms with Crippen molar-refractivity contribution in [3.8, 4) is 0 Å². The second kappa shape index (κ2) is 7.69. The molecule has 0 aromatic carbocycles. The summed E-state index contributed by atoms with van der Waals surface area (Å²) >= 11 is 0. The molecule has 8 heteroatoms. The van der Waals surface area contributed by atoms with Crippen molar-refractivity contribution in [1.29, 1.82) is 0 Å². The molecule has 120 valence electrons. The molecule has 4 N–H and O–H groups in total. The summed E-state index contributed by atoms with van der Waals surface area (Å²) in [6.07, 6.45) is 0.910. The Morgan fingerprint density at radius 3 is 2.86 bits per heavy atom. The van der Waals surface area contributed by atoms with E-state index in [9.17, 15) is 9.59 Å². The van der Waals surface area contributed by atoms with Crippen LogP contribution in [0.3, 0.4) is 0 Å². The van der Waals surface area contributed by atoms with Gasteiger partial charge in [-0.1, -0.05) is 0 Å². The first-order valence-electron chi connectivity index (χ1n) is 7.41. The quantitative estimate of drug-likeness (QED) is 0.319. The van der Waals surface area contributed by atoms with Crippen LogP contribution in [0.25, 0.3) is 0 Å². The third-order valence-electron chi connectivity index (χ3n) is 3.87. The van der Waals surface area contributed by atoms with E-state index in [4.69, 9.17) is 15.3 Å². The van der Waals surface area contributed by atoms with E-state index < -0.39 is 6.10 Å². The van der Waals surface area contributed by atoms with Crippen molar-refractivity contribution < 1.29 is 19.1 Å². The number of amides is 2.